The third-order valence-corrected chi connectivity index (χ3v) is 6.35. The smallest absolute Gasteiger partial charge is 0.273 e. The molecule has 136 valence electrons. The van der Waals surface area contributed by atoms with Crippen LogP contribution in [0.4, 0.5) is 5.69 Å². The van der Waals surface area contributed by atoms with Gasteiger partial charge in [-0.25, -0.2) is 8.42 Å². The lowest BCUT2D eigenvalue weighted by Gasteiger charge is -2.21. The van der Waals surface area contributed by atoms with E-state index in [0.717, 1.165) is 6.42 Å². The van der Waals surface area contributed by atoms with E-state index in [-0.39, 0.29) is 23.9 Å². The molecule has 1 N–H and O–H groups in total. The number of nitrogens with zero attached hydrogens (tertiary/aromatic N) is 3. The zero-order valence-electron chi connectivity index (χ0n) is 14.1. The fraction of sp³-hybridized carbons (Fsp3) is 0.562. The summed E-state index contributed by atoms with van der Waals surface area (Å²) in [5, 5.41) is 6.62. The van der Waals surface area contributed by atoms with Gasteiger partial charge in [0.15, 0.2) is 5.60 Å². The summed E-state index contributed by atoms with van der Waals surface area (Å²) in [4.78, 5) is 21.7. The molecule has 1 atom stereocenters. The number of carbonyl (C=O) groups is 1. The Kier molecular flexibility index (Phi) is 5.05. The lowest BCUT2D eigenvalue weighted by Crippen LogP contribution is -2.38. The number of oxime groups is 1. The van der Waals surface area contributed by atoms with Gasteiger partial charge in [0, 0.05) is 25.6 Å². The maximum absolute atomic E-state index is 12.3. The van der Waals surface area contributed by atoms with Crippen molar-refractivity contribution < 1.29 is 18.0 Å². The van der Waals surface area contributed by atoms with Crippen LogP contribution >= 0.6 is 0 Å². The molecule has 1 fully saturated rings. The normalized spacial score (nSPS) is 23.5. The monoisotopic (exact) mass is 366 g/mol. The van der Waals surface area contributed by atoms with E-state index in [1.54, 1.807) is 24.5 Å². The van der Waals surface area contributed by atoms with Crippen LogP contribution in [0.15, 0.2) is 29.7 Å². The number of unbranched alkanes of at least 4 members (excludes halogenated alkanes) is 1. The van der Waals surface area contributed by atoms with Crippen molar-refractivity contribution in [3.63, 3.8) is 0 Å². The summed E-state index contributed by atoms with van der Waals surface area (Å²) in [6, 6.07) is 3.45. The van der Waals surface area contributed by atoms with Gasteiger partial charge in [-0.2, -0.15) is 4.31 Å². The minimum atomic E-state index is -3.28. The van der Waals surface area contributed by atoms with E-state index in [2.05, 4.69) is 15.5 Å². The van der Waals surface area contributed by atoms with E-state index in [9.17, 15) is 13.2 Å². The van der Waals surface area contributed by atoms with Crippen LogP contribution in [-0.4, -0.2) is 53.8 Å². The van der Waals surface area contributed by atoms with Crippen molar-refractivity contribution in [2.75, 3.05) is 24.2 Å². The van der Waals surface area contributed by atoms with Crippen molar-refractivity contribution in [2.24, 2.45) is 5.16 Å². The molecule has 1 aromatic rings. The van der Waals surface area contributed by atoms with Crippen LogP contribution in [0.1, 0.15) is 32.6 Å². The fourth-order valence-corrected chi connectivity index (χ4v) is 4.72. The summed E-state index contributed by atoms with van der Waals surface area (Å²) in [7, 11) is -3.28. The average Bonchev–Trinajstić information content (AvgIpc) is 3.22. The van der Waals surface area contributed by atoms with E-state index in [4.69, 9.17) is 4.84 Å². The van der Waals surface area contributed by atoms with Gasteiger partial charge >= 0.3 is 0 Å². The van der Waals surface area contributed by atoms with Crippen LogP contribution in [0.3, 0.4) is 0 Å². The Morgan fingerprint density at radius 1 is 1.48 bits per heavy atom. The third kappa shape index (κ3) is 3.98. The van der Waals surface area contributed by atoms with Gasteiger partial charge in [0.2, 0.25) is 10.0 Å². The summed E-state index contributed by atoms with van der Waals surface area (Å²) < 4.78 is 26.1. The van der Waals surface area contributed by atoms with Gasteiger partial charge in [-0.1, -0.05) is 18.5 Å². The third-order valence-electron chi connectivity index (χ3n) is 4.45. The molecule has 0 saturated carbocycles. The fourth-order valence-electron chi connectivity index (χ4n) is 3.00. The van der Waals surface area contributed by atoms with Crippen LogP contribution in [0.5, 0.6) is 0 Å². The second kappa shape index (κ2) is 7.09. The number of rotatable bonds is 6. The molecule has 3 rings (SSSR count). The molecule has 8 nitrogen and oxygen atoms in total. The highest BCUT2D eigenvalue weighted by molar-refractivity contribution is 7.89. The molecule has 1 amide bonds. The molecular formula is C16H22N4O4S. The van der Waals surface area contributed by atoms with Gasteiger partial charge in [0.1, 0.15) is 5.71 Å². The minimum absolute atomic E-state index is 0.148. The SMILES string of the molecule is CCCCS(=O)(=O)N1CC[C@@]2(CC(C(=O)Nc3cccnc3)=NO2)C1. The maximum Gasteiger partial charge on any atom is 0.273 e. The molecule has 0 unspecified atom stereocenters. The Hall–Kier alpha value is -2.00. The number of hydrogen-bond donors (Lipinski definition) is 1. The van der Waals surface area contributed by atoms with Gasteiger partial charge in [-0.3, -0.25) is 9.78 Å². The topological polar surface area (TPSA) is 101 Å². The summed E-state index contributed by atoms with van der Waals surface area (Å²) in [5.74, 6) is -0.202. The van der Waals surface area contributed by atoms with Crippen molar-refractivity contribution in [1.29, 1.82) is 0 Å². The van der Waals surface area contributed by atoms with Crippen LogP contribution in [0.2, 0.25) is 0 Å². The van der Waals surface area contributed by atoms with E-state index in [1.807, 2.05) is 6.92 Å². The molecular weight excluding hydrogens is 344 g/mol. The predicted octanol–water partition coefficient (Wildman–Crippen LogP) is 1.37. The molecule has 25 heavy (non-hydrogen) atoms. The van der Waals surface area contributed by atoms with Crippen molar-refractivity contribution in [1.82, 2.24) is 9.29 Å². The molecule has 1 spiro atoms. The highest BCUT2D eigenvalue weighted by Gasteiger charge is 2.49. The van der Waals surface area contributed by atoms with Crippen LogP contribution in [-0.2, 0) is 19.7 Å². The van der Waals surface area contributed by atoms with E-state index in [0.29, 0.717) is 31.5 Å². The number of carbonyl (C=O) groups excluding carboxylic acids is 1. The quantitative estimate of drug-likeness (QED) is 0.819. The summed E-state index contributed by atoms with van der Waals surface area (Å²) in [6.07, 6.45) is 5.47. The van der Waals surface area contributed by atoms with Crippen molar-refractivity contribution in [3.05, 3.63) is 24.5 Å². The average molecular weight is 366 g/mol. The Bertz CT molecular complexity index is 766. The van der Waals surface area contributed by atoms with Crippen molar-refractivity contribution >= 4 is 27.3 Å². The number of amides is 1. The lowest BCUT2D eigenvalue weighted by atomic mass is 9.96. The zero-order valence-corrected chi connectivity index (χ0v) is 15.0. The first-order valence-corrected chi connectivity index (χ1v) is 9.99. The largest absolute Gasteiger partial charge is 0.387 e. The molecule has 0 radical (unpaired) electrons. The Morgan fingerprint density at radius 3 is 3.04 bits per heavy atom. The second-order valence-corrected chi connectivity index (χ2v) is 8.53. The molecule has 0 bridgehead atoms. The number of hydrogen-bond acceptors (Lipinski definition) is 6. The van der Waals surface area contributed by atoms with Crippen molar-refractivity contribution in [2.45, 2.75) is 38.2 Å². The van der Waals surface area contributed by atoms with E-state index in [1.165, 1.54) is 4.31 Å². The molecule has 2 aliphatic rings. The molecule has 2 aliphatic heterocycles. The van der Waals surface area contributed by atoms with E-state index >= 15 is 0 Å². The number of pyridine rings is 1. The van der Waals surface area contributed by atoms with Crippen LogP contribution < -0.4 is 5.32 Å². The van der Waals surface area contributed by atoms with Gasteiger partial charge in [-0.15, -0.1) is 0 Å². The number of aromatic nitrogens is 1. The highest BCUT2D eigenvalue weighted by Crippen LogP contribution is 2.35. The number of sulfonamides is 1. The Labute approximate surface area is 147 Å². The first-order valence-electron chi connectivity index (χ1n) is 8.38. The molecule has 1 saturated heterocycles. The van der Waals surface area contributed by atoms with Gasteiger partial charge in [0.05, 0.1) is 24.2 Å². The summed E-state index contributed by atoms with van der Waals surface area (Å²) >= 11 is 0. The number of anilines is 1. The molecule has 3 heterocycles. The molecule has 9 heteroatoms. The van der Waals surface area contributed by atoms with Gasteiger partial charge in [0.25, 0.3) is 5.91 Å². The Balaban J connectivity index is 1.59. The molecule has 0 aromatic carbocycles. The Morgan fingerprint density at radius 2 is 2.32 bits per heavy atom. The standard InChI is InChI=1S/C16H22N4O4S/c1-2-3-9-25(22,23)20-8-6-16(12-20)10-14(19-24-16)15(21)18-13-5-4-7-17-11-13/h4-5,7,11H,2-3,6,8-10,12H2,1H3,(H,18,21)/t16-/m1/s1. The number of nitrogens with one attached hydrogen (secondary N) is 1. The second-order valence-electron chi connectivity index (χ2n) is 6.44. The molecule has 0 aliphatic carbocycles. The van der Waals surface area contributed by atoms with Gasteiger partial charge < -0.3 is 10.2 Å². The van der Waals surface area contributed by atoms with Crippen molar-refractivity contribution in [3.8, 4) is 0 Å². The first kappa shape index (κ1) is 17.8. The minimum Gasteiger partial charge on any atom is -0.387 e. The zero-order chi connectivity index (χ0) is 17.9. The van der Waals surface area contributed by atoms with Crippen LogP contribution in [0, 0.1) is 0 Å². The molecule has 1 aromatic heterocycles. The first-order chi connectivity index (χ1) is 11.9. The summed E-state index contributed by atoms with van der Waals surface area (Å²) in [6.45, 7) is 2.60. The van der Waals surface area contributed by atoms with E-state index < -0.39 is 15.6 Å². The highest BCUT2D eigenvalue weighted by atomic mass is 32.2. The van der Waals surface area contributed by atoms with Crippen LogP contribution in [0.25, 0.3) is 0 Å². The van der Waals surface area contributed by atoms with Gasteiger partial charge in [-0.05, 0) is 18.6 Å². The maximum atomic E-state index is 12.3. The summed E-state index contributed by atoms with van der Waals surface area (Å²) in [5.41, 5.74) is 0.129. The predicted molar refractivity (Wildman–Crippen MR) is 93.6 cm³/mol. The lowest BCUT2D eigenvalue weighted by molar-refractivity contribution is -0.110.